The highest BCUT2D eigenvalue weighted by Gasteiger charge is 2.28. The summed E-state index contributed by atoms with van der Waals surface area (Å²) in [7, 11) is 1.38. The van der Waals surface area contributed by atoms with Crippen molar-refractivity contribution < 1.29 is 14.3 Å². The van der Waals surface area contributed by atoms with Gasteiger partial charge in [0.15, 0.2) is 0 Å². The maximum absolute atomic E-state index is 12.7. The number of ether oxygens (including phenoxy) is 1. The smallest absolute Gasteiger partial charge is 0.337 e. The first-order chi connectivity index (χ1) is 15.6. The molecule has 0 N–H and O–H groups in total. The minimum atomic E-state index is -0.342. The van der Waals surface area contributed by atoms with E-state index in [-0.39, 0.29) is 11.9 Å². The molecule has 3 heterocycles. The summed E-state index contributed by atoms with van der Waals surface area (Å²) in [6.45, 7) is 6.43. The van der Waals surface area contributed by atoms with Crippen LogP contribution in [-0.4, -0.2) is 77.4 Å². The molecule has 2 fully saturated rings. The Hall–Kier alpha value is -2.77. The number of methoxy groups -OCH3 is 1. The lowest BCUT2D eigenvalue weighted by Crippen LogP contribution is -2.50. The first-order valence-electron chi connectivity index (χ1n) is 11.4. The van der Waals surface area contributed by atoms with Crippen LogP contribution in [0.25, 0.3) is 0 Å². The number of rotatable bonds is 6. The van der Waals surface area contributed by atoms with Crippen molar-refractivity contribution in [3.05, 3.63) is 65.5 Å². The van der Waals surface area contributed by atoms with Gasteiger partial charge in [0, 0.05) is 64.5 Å². The van der Waals surface area contributed by atoms with Crippen molar-refractivity contribution in [3.63, 3.8) is 0 Å². The van der Waals surface area contributed by atoms with Gasteiger partial charge in [0.05, 0.1) is 18.4 Å². The minimum Gasteiger partial charge on any atom is -0.465 e. The lowest BCUT2D eigenvalue weighted by Gasteiger charge is -2.39. The number of likely N-dealkylation sites (tertiary alicyclic amines) is 1. The molecular weight excluding hydrogens is 404 g/mol. The average Bonchev–Trinajstić information content (AvgIpc) is 3.02. The van der Waals surface area contributed by atoms with Gasteiger partial charge < -0.3 is 9.64 Å². The topological polar surface area (TPSA) is 66.0 Å². The van der Waals surface area contributed by atoms with Gasteiger partial charge in [0.25, 0.3) is 0 Å². The second kappa shape index (κ2) is 10.7. The summed E-state index contributed by atoms with van der Waals surface area (Å²) in [5.41, 5.74) is 2.68. The highest BCUT2D eigenvalue weighted by Crippen LogP contribution is 2.21. The molecule has 1 unspecified atom stereocenters. The maximum Gasteiger partial charge on any atom is 0.337 e. The SMILES string of the molecule is COC(=O)c1ccc(CN2CCC(N3CCN(Cc4ccccn4)CC3)CCC2=O)cc1. The first-order valence-corrected chi connectivity index (χ1v) is 11.4. The number of piperazine rings is 1. The Kier molecular flexibility index (Phi) is 7.50. The van der Waals surface area contributed by atoms with Crippen molar-refractivity contribution in [1.29, 1.82) is 0 Å². The molecule has 4 rings (SSSR count). The Morgan fingerprint density at radius 2 is 1.78 bits per heavy atom. The van der Waals surface area contributed by atoms with E-state index in [9.17, 15) is 9.59 Å². The average molecular weight is 437 g/mol. The summed E-state index contributed by atoms with van der Waals surface area (Å²) in [5.74, 6) is -0.122. The number of benzene rings is 1. The molecule has 1 atom stereocenters. The van der Waals surface area contributed by atoms with Crippen LogP contribution in [0.15, 0.2) is 48.7 Å². The molecule has 2 aliphatic heterocycles. The first kappa shape index (κ1) is 22.4. The summed E-state index contributed by atoms with van der Waals surface area (Å²) in [6.07, 6.45) is 4.38. The van der Waals surface area contributed by atoms with Crippen LogP contribution >= 0.6 is 0 Å². The van der Waals surface area contributed by atoms with E-state index >= 15 is 0 Å². The largest absolute Gasteiger partial charge is 0.465 e. The quantitative estimate of drug-likeness (QED) is 0.649. The second-order valence-electron chi connectivity index (χ2n) is 8.62. The predicted octanol–water partition coefficient (Wildman–Crippen LogP) is 2.57. The molecule has 7 nitrogen and oxygen atoms in total. The van der Waals surface area contributed by atoms with Crippen molar-refractivity contribution in [2.75, 3.05) is 39.8 Å². The molecule has 0 spiro atoms. The number of aromatic nitrogens is 1. The number of pyridine rings is 1. The Balaban J connectivity index is 1.27. The molecule has 170 valence electrons. The van der Waals surface area contributed by atoms with Gasteiger partial charge in [-0.25, -0.2) is 4.79 Å². The fourth-order valence-corrected chi connectivity index (χ4v) is 4.65. The van der Waals surface area contributed by atoms with E-state index in [1.807, 2.05) is 35.4 Å². The fourth-order valence-electron chi connectivity index (χ4n) is 4.65. The molecule has 32 heavy (non-hydrogen) atoms. The van der Waals surface area contributed by atoms with Gasteiger partial charge in [-0.15, -0.1) is 0 Å². The third kappa shape index (κ3) is 5.72. The molecule has 2 saturated heterocycles. The van der Waals surface area contributed by atoms with Gasteiger partial charge in [0.1, 0.15) is 0 Å². The Labute approximate surface area is 190 Å². The van der Waals surface area contributed by atoms with E-state index in [1.165, 1.54) is 7.11 Å². The molecule has 2 aliphatic rings. The molecule has 0 radical (unpaired) electrons. The number of carbonyl (C=O) groups is 2. The van der Waals surface area contributed by atoms with Gasteiger partial charge >= 0.3 is 5.97 Å². The van der Waals surface area contributed by atoms with E-state index in [2.05, 4.69) is 20.9 Å². The van der Waals surface area contributed by atoms with Crippen LogP contribution in [-0.2, 0) is 22.6 Å². The molecule has 0 bridgehead atoms. The van der Waals surface area contributed by atoms with Gasteiger partial charge in [-0.2, -0.15) is 0 Å². The van der Waals surface area contributed by atoms with Crippen LogP contribution in [0.1, 0.15) is 40.9 Å². The molecule has 1 aromatic carbocycles. The van der Waals surface area contributed by atoms with Crippen molar-refractivity contribution in [2.24, 2.45) is 0 Å². The third-order valence-corrected chi connectivity index (χ3v) is 6.56. The number of hydrogen-bond acceptors (Lipinski definition) is 6. The van der Waals surface area contributed by atoms with Gasteiger partial charge in [-0.05, 0) is 42.7 Å². The zero-order chi connectivity index (χ0) is 22.3. The number of esters is 1. The minimum absolute atomic E-state index is 0.221. The van der Waals surface area contributed by atoms with E-state index in [4.69, 9.17) is 4.74 Å². The second-order valence-corrected chi connectivity index (χ2v) is 8.62. The van der Waals surface area contributed by atoms with Crippen LogP contribution in [0.4, 0.5) is 0 Å². The molecule has 1 amide bonds. The lowest BCUT2D eigenvalue weighted by atomic mass is 10.1. The number of hydrogen-bond donors (Lipinski definition) is 0. The van der Waals surface area contributed by atoms with Gasteiger partial charge in [0.2, 0.25) is 5.91 Å². The normalized spacial score (nSPS) is 20.7. The summed E-state index contributed by atoms with van der Waals surface area (Å²) in [5, 5.41) is 0. The summed E-state index contributed by atoms with van der Waals surface area (Å²) in [6, 6.07) is 13.9. The molecule has 7 heteroatoms. The maximum atomic E-state index is 12.7. The summed E-state index contributed by atoms with van der Waals surface area (Å²) < 4.78 is 4.75. The Morgan fingerprint density at radius 1 is 1.00 bits per heavy atom. The van der Waals surface area contributed by atoms with E-state index in [1.54, 1.807) is 12.1 Å². The van der Waals surface area contributed by atoms with Crippen LogP contribution in [0.5, 0.6) is 0 Å². The zero-order valence-electron chi connectivity index (χ0n) is 18.8. The van der Waals surface area contributed by atoms with Crippen LogP contribution in [0, 0.1) is 0 Å². The van der Waals surface area contributed by atoms with Crippen molar-refractivity contribution in [1.82, 2.24) is 19.7 Å². The van der Waals surface area contributed by atoms with E-state index in [0.717, 1.165) is 63.4 Å². The lowest BCUT2D eigenvalue weighted by molar-refractivity contribution is -0.131. The molecule has 0 aliphatic carbocycles. The number of nitrogens with zero attached hydrogens (tertiary/aromatic N) is 4. The van der Waals surface area contributed by atoms with Gasteiger partial charge in [-0.3, -0.25) is 19.6 Å². The molecule has 0 saturated carbocycles. The standard InChI is InChI=1S/C25H32N4O3/c1-32-25(31)21-7-5-20(6-8-21)18-29-13-11-23(9-10-24(29)30)28-16-14-27(15-17-28)19-22-4-2-3-12-26-22/h2-8,12,23H,9-11,13-19H2,1H3. The van der Waals surface area contributed by atoms with Crippen LogP contribution < -0.4 is 0 Å². The highest BCUT2D eigenvalue weighted by molar-refractivity contribution is 5.89. The highest BCUT2D eigenvalue weighted by atomic mass is 16.5. The van der Waals surface area contributed by atoms with Crippen molar-refractivity contribution in [2.45, 2.75) is 38.4 Å². The van der Waals surface area contributed by atoms with E-state index < -0.39 is 0 Å². The predicted molar refractivity (Wildman–Crippen MR) is 122 cm³/mol. The van der Waals surface area contributed by atoms with Crippen LogP contribution in [0.2, 0.25) is 0 Å². The third-order valence-electron chi connectivity index (χ3n) is 6.56. The zero-order valence-corrected chi connectivity index (χ0v) is 18.8. The number of carbonyl (C=O) groups excluding carboxylic acids is 2. The van der Waals surface area contributed by atoms with Crippen molar-refractivity contribution >= 4 is 11.9 Å². The Bertz CT molecular complexity index is 895. The monoisotopic (exact) mass is 436 g/mol. The summed E-state index contributed by atoms with van der Waals surface area (Å²) >= 11 is 0. The molecular formula is C25H32N4O3. The Morgan fingerprint density at radius 3 is 2.47 bits per heavy atom. The van der Waals surface area contributed by atoms with Crippen molar-refractivity contribution in [3.8, 4) is 0 Å². The fraction of sp³-hybridized carbons (Fsp3) is 0.480. The molecule has 1 aromatic heterocycles. The molecule has 2 aromatic rings. The van der Waals surface area contributed by atoms with Crippen LogP contribution in [0.3, 0.4) is 0 Å². The number of amides is 1. The summed E-state index contributed by atoms with van der Waals surface area (Å²) in [4.78, 5) is 35.8. The van der Waals surface area contributed by atoms with Gasteiger partial charge in [-0.1, -0.05) is 18.2 Å². The van der Waals surface area contributed by atoms with E-state index in [0.29, 0.717) is 24.6 Å².